The summed E-state index contributed by atoms with van der Waals surface area (Å²) in [5.41, 5.74) is 0. The van der Waals surface area contributed by atoms with E-state index in [9.17, 15) is 0 Å². The van der Waals surface area contributed by atoms with Crippen LogP contribution in [0.25, 0.3) is 0 Å². The van der Waals surface area contributed by atoms with E-state index in [0.29, 0.717) is 0 Å². The zero-order valence-electron chi connectivity index (χ0n) is 3.14. The third-order valence-electron chi connectivity index (χ3n) is 0. The summed E-state index contributed by atoms with van der Waals surface area (Å²) in [6.45, 7) is 0. The number of hydrogen-bond acceptors (Lipinski definition) is 3. The first kappa shape index (κ1) is 15.9. The maximum Gasteiger partial charge on any atom is 2.00 e. The normalized spacial score (nSPS) is 4.00. The van der Waals surface area contributed by atoms with Gasteiger partial charge in [0, 0.05) is 9.17 Å². The number of hydrogen-bond donors (Lipinski definition) is 0. The van der Waals surface area contributed by atoms with Crippen molar-refractivity contribution in [3.05, 3.63) is 0 Å². The van der Waals surface area contributed by atoms with Crippen molar-refractivity contribution in [2.24, 2.45) is 0 Å². The van der Waals surface area contributed by atoms with Crippen LogP contribution in [0.1, 0.15) is 0 Å². The Morgan fingerprint density at radius 2 is 1.33 bits per heavy atom. The monoisotopic (exact) mass is 174 g/mol. The Hall–Kier alpha value is 0.670. The van der Waals surface area contributed by atoms with Crippen molar-refractivity contribution in [1.82, 2.24) is 0 Å². The Bertz CT molecular complexity index is 33.8. The second-order valence-electron chi connectivity index (χ2n) is 0.250. The molecule has 0 N–H and O–H groups in total. The van der Waals surface area contributed by atoms with E-state index in [2.05, 4.69) is 0 Å². The molecule has 1 atom stereocenters. The number of rotatable bonds is 0. The van der Waals surface area contributed by atoms with Crippen LogP contribution in [-0.2, 0) is 23.9 Å². The van der Waals surface area contributed by atoms with Crippen molar-refractivity contribution in [3.8, 4) is 0 Å². The first-order valence-electron chi connectivity index (χ1n) is 0.612. The van der Waals surface area contributed by atoms with Crippen LogP contribution in [0.4, 0.5) is 0 Å². The Morgan fingerprint density at radius 3 is 1.33 bits per heavy atom. The van der Waals surface area contributed by atoms with E-state index in [0.717, 1.165) is 0 Å². The van der Waals surface area contributed by atoms with Crippen LogP contribution in [0.15, 0.2) is 0 Å². The molecule has 0 spiro atoms. The summed E-state index contributed by atoms with van der Waals surface area (Å²) in [6, 6.07) is 0. The maximum atomic E-state index is 8.52. The van der Waals surface area contributed by atoms with Crippen molar-refractivity contribution < 1.29 is 33.5 Å². The molecule has 0 radical (unpaired) electrons. The average molecular weight is 175 g/mol. The average Bonchev–Trinajstić information content (AvgIpc) is 0.811. The fourth-order valence-corrected chi connectivity index (χ4v) is 0. The van der Waals surface area contributed by atoms with Crippen LogP contribution in [0.2, 0.25) is 0 Å². The van der Waals surface area contributed by atoms with Crippen LogP contribution >= 0.6 is 9.90 Å². The summed E-state index contributed by atoms with van der Waals surface area (Å²) in [5.74, 6) is 0. The van der Waals surface area contributed by atoms with Gasteiger partial charge >= 0.3 is 19.5 Å². The molecule has 0 aromatic rings. The summed E-state index contributed by atoms with van der Waals surface area (Å²) in [6.07, 6.45) is 0. The van der Waals surface area contributed by atoms with Gasteiger partial charge in [-0.25, -0.2) is 0 Å². The molecule has 0 amide bonds. The van der Waals surface area contributed by atoms with Crippen LogP contribution in [-0.4, -0.2) is 9.17 Å². The topological polar surface area (TPSA) is 63.2 Å². The van der Waals surface area contributed by atoms with Crippen molar-refractivity contribution >= 4 is 19.1 Å². The quantitative estimate of drug-likeness (QED) is 0.295. The molecule has 0 heterocycles. The van der Waals surface area contributed by atoms with Crippen molar-refractivity contribution in [3.63, 3.8) is 0 Å². The predicted octanol–water partition coefficient (Wildman–Crippen LogP) is -2.82. The van der Waals surface area contributed by atoms with Gasteiger partial charge in [-0.2, -0.15) is 9.90 Å². The Morgan fingerprint density at radius 1 is 1.33 bits per heavy atom. The van der Waals surface area contributed by atoms with Crippen molar-refractivity contribution in [1.29, 1.82) is 0 Å². The summed E-state index contributed by atoms with van der Waals surface area (Å²) in [5, 5.41) is 0. The molecule has 0 bridgehead atoms. The summed E-state index contributed by atoms with van der Waals surface area (Å²) >= 11 is 0. The first-order valence-corrected chi connectivity index (χ1v) is 1.84. The standard InChI is InChI=1S/O3Si.H3P.Zn/c1-4(2)3;;/h;1H3;/q-2;;+2. The zero-order chi connectivity index (χ0) is 3.58. The fourth-order valence-electron chi connectivity index (χ4n) is 0. The molecule has 6 heteroatoms. The van der Waals surface area contributed by atoms with E-state index < -0.39 is 9.17 Å². The molecule has 0 rings (SSSR count). The van der Waals surface area contributed by atoms with E-state index in [1.807, 2.05) is 0 Å². The maximum absolute atomic E-state index is 8.52. The second-order valence-corrected chi connectivity index (χ2v) is 0.750. The molecule has 0 saturated heterocycles. The largest absolute Gasteiger partial charge is 2.00 e. The van der Waals surface area contributed by atoms with Gasteiger partial charge in [-0.1, -0.05) is 0 Å². The van der Waals surface area contributed by atoms with E-state index >= 15 is 0 Å². The van der Waals surface area contributed by atoms with E-state index in [-0.39, 0.29) is 29.4 Å². The van der Waals surface area contributed by atoms with Gasteiger partial charge in [0.1, 0.15) is 0 Å². The summed E-state index contributed by atoms with van der Waals surface area (Å²) in [4.78, 5) is 17.0. The van der Waals surface area contributed by atoms with Crippen LogP contribution in [0, 0.1) is 0 Å². The minimum absolute atomic E-state index is 0. The van der Waals surface area contributed by atoms with Crippen LogP contribution in [0.5, 0.6) is 0 Å². The molecule has 0 aliphatic heterocycles. The Balaban J connectivity index is -0.0000000450. The molecule has 6 heavy (non-hydrogen) atoms. The molecular weight excluding hydrogens is 172 g/mol. The molecule has 0 fully saturated rings. The van der Waals surface area contributed by atoms with Gasteiger partial charge in [-0.05, 0) is 0 Å². The molecule has 3 nitrogen and oxygen atoms in total. The van der Waals surface area contributed by atoms with Gasteiger partial charge in [-0.15, -0.1) is 0 Å². The van der Waals surface area contributed by atoms with E-state index in [1.165, 1.54) is 0 Å². The minimum Gasteiger partial charge on any atom is -0.672 e. The summed E-state index contributed by atoms with van der Waals surface area (Å²) in [7, 11) is -3.63. The molecule has 0 aromatic carbocycles. The van der Waals surface area contributed by atoms with Gasteiger partial charge in [0.2, 0.25) is 0 Å². The second kappa shape index (κ2) is 9.18. The Labute approximate surface area is 53.0 Å². The van der Waals surface area contributed by atoms with Gasteiger partial charge in [0.05, 0.1) is 0 Å². The Kier molecular flexibility index (Phi) is 24.4. The third kappa shape index (κ3) is 140. The molecule has 0 aliphatic carbocycles. The van der Waals surface area contributed by atoms with Gasteiger partial charge in [0.15, 0.2) is 0 Å². The molecule has 1 unspecified atom stereocenters. The SMILES string of the molecule is O=[Si]([O-])[O-].P.[Zn+2]. The molecule has 0 saturated carbocycles. The van der Waals surface area contributed by atoms with Crippen molar-refractivity contribution in [2.45, 2.75) is 0 Å². The van der Waals surface area contributed by atoms with E-state index in [4.69, 9.17) is 14.1 Å². The van der Waals surface area contributed by atoms with E-state index in [1.54, 1.807) is 0 Å². The fraction of sp³-hybridized carbons (Fsp3) is 0. The molecule has 32 valence electrons. The third-order valence-corrected chi connectivity index (χ3v) is 0. The first-order chi connectivity index (χ1) is 1.73. The molecular formula is H3O3PSiZn. The van der Waals surface area contributed by atoms with Gasteiger partial charge in [0.25, 0.3) is 0 Å². The smallest absolute Gasteiger partial charge is 0.672 e. The van der Waals surface area contributed by atoms with Gasteiger partial charge in [-0.3, -0.25) is 0 Å². The van der Waals surface area contributed by atoms with Crippen LogP contribution in [0.3, 0.4) is 0 Å². The molecule has 0 aromatic heterocycles. The van der Waals surface area contributed by atoms with Crippen LogP contribution < -0.4 is 9.59 Å². The van der Waals surface area contributed by atoms with Gasteiger partial charge < -0.3 is 14.1 Å². The predicted molar refractivity (Wildman–Crippen MR) is 17.5 cm³/mol. The zero-order valence-corrected chi connectivity index (χ0v) is 8.52. The molecule has 0 aliphatic rings. The summed E-state index contributed by atoms with van der Waals surface area (Å²) < 4.78 is 8.52. The van der Waals surface area contributed by atoms with Crippen molar-refractivity contribution in [2.75, 3.05) is 0 Å². The minimum atomic E-state index is -3.63.